The Morgan fingerprint density at radius 3 is 2.73 bits per heavy atom. The summed E-state index contributed by atoms with van der Waals surface area (Å²) in [6, 6.07) is 1.42. The number of unbranched alkanes of at least 4 members (excludes halogenated alkanes) is 3. The molecular weight excluding hydrogens is 396 g/mol. The summed E-state index contributed by atoms with van der Waals surface area (Å²) in [5.41, 5.74) is 4.67. The Balaban J connectivity index is 1.79. The summed E-state index contributed by atoms with van der Waals surface area (Å²) in [5, 5.41) is 19.0. The third-order valence-corrected chi connectivity index (χ3v) is 4.81. The number of amides is 1. The Labute approximate surface area is 173 Å². The van der Waals surface area contributed by atoms with Crippen LogP contribution in [0.5, 0.6) is 0 Å². The number of carbonyl (C=O) groups is 2. The fourth-order valence-corrected chi connectivity index (χ4v) is 3.09. The molecule has 0 radical (unpaired) electrons. The van der Waals surface area contributed by atoms with Crippen LogP contribution in [0, 0.1) is 12.3 Å². The van der Waals surface area contributed by atoms with E-state index < -0.39 is 35.5 Å². The highest BCUT2D eigenvalue weighted by atomic mass is 16.6. The normalized spacial score (nSPS) is 23.0. The Bertz CT molecular complexity index is 850. The fourth-order valence-electron chi connectivity index (χ4n) is 3.09. The number of nitrogen functional groups attached to an aromatic ring is 1. The van der Waals surface area contributed by atoms with Crippen molar-refractivity contribution in [1.29, 1.82) is 0 Å². The monoisotopic (exact) mass is 422 g/mol. The van der Waals surface area contributed by atoms with Gasteiger partial charge in [0, 0.05) is 25.5 Å². The molecule has 2 rings (SSSR count). The maximum atomic E-state index is 12.0. The first-order valence-electron chi connectivity index (χ1n) is 9.58. The van der Waals surface area contributed by atoms with Gasteiger partial charge in [0.15, 0.2) is 5.60 Å². The molecule has 11 heteroatoms. The molecule has 2 unspecified atom stereocenters. The van der Waals surface area contributed by atoms with Gasteiger partial charge in [-0.1, -0.05) is 18.8 Å². The van der Waals surface area contributed by atoms with Crippen LogP contribution in [0.15, 0.2) is 17.1 Å². The van der Waals surface area contributed by atoms with Crippen LogP contribution in [-0.4, -0.2) is 50.1 Å². The number of aliphatic hydroxyl groups is 1. The SMILES string of the molecule is C#C[C@]1(O)CC(n2ccc(N)nc2=O)OC1COC(=O)CCCCCCC(=O)NO. The maximum absolute atomic E-state index is 12.0. The van der Waals surface area contributed by atoms with Crippen molar-refractivity contribution < 1.29 is 29.4 Å². The first-order valence-corrected chi connectivity index (χ1v) is 9.58. The summed E-state index contributed by atoms with van der Waals surface area (Å²) in [6.45, 7) is -0.260. The van der Waals surface area contributed by atoms with Gasteiger partial charge in [0.05, 0.1) is 0 Å². The summed E-state index contributed by atoms with van der Waals surface area (Å²) in [5.74, 6) is 1.40. The number of nitrogens with zero attached hydrogens (tertiary/aromatic N) is 2. The Morgan fingerprint density at radius 2 is 2.10 bits per heavy atom. The van der Waals surface area contributed by atoms with Crippen molar-refractivity contribution in [2.24, 2.45) is 0 Å². The summed E-state index contributed by atoms with van der Waals surface area (Å²) < 4.78 is 12.0. The third-order valence-electron chi connectivity index (χ3n) is 4.81. The average molecular weight is 422 g/mol. The minimum atomic E-state index is -1.71. The quantitative estimate of drug-likeness (QED) is 0.132. The van der Waals surface area contributed by atoms with Gasteiger partial charge >= 0.3 is 11.7 Å². The summed E-state index contributed by atoms with van der Waals surface area (Å²) >= 11 is 0. The number of aromatic nitrogens is 2. The van der Waals surface area contributed by atoms with Crippen molar-refractivity contribution in [2.45, 2.75) is 62.9 Å². The van der Waals surface area contributed by atoms with Crippen LogP contribution in [0.3, 0.4) is 0 Å². The van der Waals surface area contributed by atoms with E-state index in [2.05, 4.69) is 10.9 Å². The van der Waals surface area contributed by atoms with Gasteiger partial charge in [0.2, 0.25) is 5.91 Å². The van der Waals surface area contributed by atoms with E-state index in [0.717, 1.165) is 17.4 Å². The predicted octanol–water partition coefficient (Wildman–Crippen LogP) is -0.133. The van der Waals surface area contributed by atoms with Crippen LogP contribution in [-0.2, 0) is 19.1 Å². The molecular formula is C19H26N4O7. The summed E-state index contributed by atoms with van der Waals surface area (Å²) in [4.78, 5) is 38.4. The summed E-state index contributed by atoms with van der Waals surface area (Å²) in [6.07, 6.45) is 7.90. The van der Waals surface area contributed by atoms with Crippen LogP contribution in [0.2, 0.25) is 0 Å². The van der Waals surface area contributed by atoms with E-state index in [1.54, 1.807) is 5.48 Å². The lowest BCUT2D eigenvalue weighted by molar-refractivity contribution is -0.151. The van der Waals surface area contributed by atoms with Gasteiger partial charge < -0.3 is 20.3 Å². The van der Waals surface area contributed by atoms with Gasteiger partial charge in [-0.15, -0.1) is 6.42 Å². The number of ether oxygens (including phenoxy) is 2. The first kappa shape index (κ1) is 23.3. The van der Waals surface area contributed by atoms with Crippen molar-refractivity contribution in [2.75, 3.05) is 12.3 Å². The van der Waals surface area contributed by atoms with Crippen molar-refractivity contribution in [3.8, 4) is 12.3 Å². The number of hydrogen-bond acceptors (Lipinski definition) is 9. The molecule has 164 valence electrons. The zero-order valence-corrected chi connectivity index (χ0v) is 16.5. The van der Waals surface area contributed by atoms with E-state index in [0.29, 0.717) is 12.8 Å². The molecule has 0 bridgehead atoms. The van der Waals surface area contributed by atoms with E-state index in [1.807, 2.05) is 0 Å². The van der Waals surface area contributed by atoms with Crippen LogP contribution in [0.25, 0.3) is 0 Å². The van der Waals surface area contributed by atoms with Gasteiger partial charge in [-0.2, -0.15) is 4.98 Å². The Hall–Kier alpha value is -2.94. The number of esters is 1. The predicted molar refractivity (Wildman–Crippen MR) is 104 cm³/mol. The largest absolute Gasteiger partial charge is 0.463 e. The topological polar surface area (TPSA) is 166 Å². The van der Waals surface area contributed by atoms with Gasteiger partial charge in [0.1, 0.15) is 24.8 Å². The highest BCUT2D eigenvalue weighted by Gasteiger charge is 2.48. The van der Waals surface area contributed by atoms with Gasteiger partial charge in [-0.05, 0) is 18.9 Å². The lowest BCUT2D eigenvalue weighted by Crippen LogP contribution is -2.40. The second-order valence-corrected chi connectivity index (χ2v) is 7.03. The first-order chi connectivity index (χ1) is 14.3. The second-order valence-electron chi connectivity index (χ2n) is 7.03. The standard InChI is InChI=1S/C19H26N4O7/c1-2-19(27)11-16(23-10-9-14(20)21-18(23)26)30-13(19)12-29-17(25)8-6-4-3-5-7-15(24)22-28/h1,9-10,13,16,27-28H,3-8,11-12H2,(H,22,24)(H2,20,21,26)/t13?,16?,19-/m0/s1. The highest BCUT2D eigenvalue weighted by molar-refractivity contribution is 5.74. The third kappa shape index (κ3) is 6.28. The molecule has 1 fully saturated rings. The van der Waals surface area contributed by atoms with Crippen LogP contribution < -0.4 is 16.9 Å². The van der Waals surface area contributed by atoms with Crippen molar-refractivity contribution >= 4 is 17.7 Å². The van der Waals surface area contributed by atoms with Gasteiger partial charge in [-0.3, -0.25) is 19.4 Å². The molecule has 0 aromatic carbocycles. The molecule has 1 aromatic heterocycles. The fraction of sp³-hybridized carbons (Fsp3) is 0.579. The number of hydroxylamine groups is 1. The minimum Gasteiger partial charge on any atom is -0.463 e. The molecule has 30 heavy (non-hydrogen) atoms. The van der Waals surface area contributed by atoms with E-state index in [4.69, 9.17) is 26.8 Å². The number of nitrogens with one attached hydrogen (secondary N) is 1. The van der Waals surface area contributed by atoms with E-state index >= 15 is 0 Å². The Kier molecular flexibility index (Phi) is 8.35. The van der Waals surface area contributed by atoms with Crippen LogP contribution >= 0.6 is 0 Å². The molecule has 1 aliphatic heterocycles. The molecule has 1 aliphatic rings. The molecule has 1 aromatic rings. The van der Waals surface area contributed by atoms with E-state index in [1.165, 1.54) is 12.3 Å². The number of nitrogens with two attached hydrogens (primary N) is 1. The number of rotatable bonds is 10. The Morgan fingerprint density at radius 1 is 1.40 bits per heavy atom. The molecule has 1 amide bonds. The molecule has 1 saturated heterocycles. The molecule has 3 atom stereocenters. The minimum absolute atomic E-state index is 0.0589. The molecule has 0 spiro atoms. The molecule has 0 aliphatic carbocycles. The lowest BCUT2D eigenvalue weighted by Gasteiger charge is -2.22. The zero-order chi connectivity index (χ0) is 22.1. The average Bonchev–Trinajstić information content (AvgIpc) is 3.05. The summed E-state index contributed by atoms with van der Waals surface area (Å²) in [7, 11) is 0. The smallest absolute Gasteiger partial charge is 0.351 e. The van der Waals surface area contributed by atoms with Crippen LogP contribution in [0.4, 0.5) is 5.82 Å². The number of hydrogen-bond donors (Lipinski definition) is 4. The van der Waals surface area contributed by atoms with E-state index in [9.17, 15) is 19.5 Å². The molecule has 2 heterocycles. The zero-order valence-electron chi connectivity index (χ0n) is 16.5. The lowest BCUT2D eigenvalue weighted by atomic mass is 9.96. The van der Waals surface area contributed by atoms with Crippen LogP contribution in [0.1, 0.15) is 51.2 Å². The molecule has 0 saturated carbocycles. The van der Waals surface area contributed by atoms with Crippen molar-refractivity contribution in [3.05, 3.63) is 22.7 Å². The second kappa shape index (κ2) is 10.7. The number of anilines is 1. The number of carbonyl (C=O) groups excluding carboxylic acids is 2. The number of terminal acetylenes is 1. The maximum Gasteiger partial charge on any atom is 0.351 e. The van der Waals surface area contributed by atoms with Crippen molar-refractivity contribution in [1.82, 2.24) is 15.0 Å². The molecule has 5 N–H and O–H groups in total. The van der Waals surface area contributed by atoms with Gasteiger partial charge in [-0.25, -0.2) is 10.3 Å². The highest BCUT2D eigenvalue weighted by Crippen LogP contribution is 2.36. The van der Waals surface area contributed by atoms with E-state index in [-0.39, 0.29) is 31.7 Å². The molecule has 11 nitrogen and oxygen atoms in total. The van der Waals surface area contributed by atoms with Crippen molar-refractivity contribution in [3.63, 3.8) is 0 Å². The van der Waals surface area contributed by atoms with Gasteiger partial charge in [0.25, 0.3) is 0 Å².